The third-order valence-corrected chi connectivity index (χ3v) is 3.22. The van der Waals surface area contributed by atoms with Crippen LogP contribution in [0.1, 0.15) is 46.5 Å². The number of esters is 1. The number of rotatable bonds is 4. The first-order valence-electron chi connectivity index (χ1n) is 6.44. The molecule has 0 spiro atoms. The van der Waals surface area contributed by atoms with E-state index in [0.29, 0.717) is 12.8 Å². The second-order valence-corrected chi connectivity index (χ2v) is 5.93. The van der Waals surface area contributed by atoms with Crippen LogP contribution in [0.4, 0.5) is 4.79 Å². The van der Waals surface area contributed by atoms with E-state index in [-0.39, 0.29) is 6.42 Å². The van der Waals surface area contributed by atoms with Crippen molar-refractivity contribution in [2.75, 3.05) is 7.11 Å². The summed E-state index contributed by atoms with van der Waals surface area (Å²) in [7, 11) is 1.27. The van der Waals surface area contributed by atoms with Crippen molar-refractivity contribution in [2.24, 2.45) is 0 Å². The van der Waals surface area contributed by atoms with Gasteiger partial charge >= 0.3 is 12.1 Å². The first-order chi connectivity index (χ1) is 8.68. The number of nitrogens with one attached hydrogen (secondary N) is 1. The summed E-state index contributed by atoms with van der Waals surface area (Å²) in [5.41, 5.74) is -1.36. The highest BCUT2D eigenvalue weighted by molar-refractivity contribution is 5.71. The largest absolute Gasteiger partial charge is 0.469 e. The van der Waals surface area contributed by atoms with E-state index in [4.69, 9.17) is 4.74 Å². The molecule has 6 nitrogen and oxygen atoms in total. The lowest BCUT2D eigenvalue weighted by Gasteiger charge is -2.45. The fourth-order valence-electron chi connectivity index (χ4n) is 2.04. The summed E-state index contributed by atoms with van der Waals surface area (Å²) in [5, 5.41) is 12.8. The number of carbonyl (C=O) groups excluding carboxylic acids is 2. The Labute approximate surface area is 113 Å². The topological polar surface area (TPSA) is 84.9 Å². The van der Waals surface area contributed by atoms with E-state index in [1.165, 1.54) is 7.11 Å². The molecule has 1 saturated carbocycles. The quantitative estimate of drug-likeness (QED) is 0.755. The number of hydrogen-bond donors (Lipinski definition) is 2. The number of methoxy groups -OCH3 is 1. The van der Waals surface area contributed by atoms with Crippen molar-refractivity contribution >= 4 is 12.1 Å². The summed E-state index contributed by atoms with van der Waals surface area (Å²) in [6.45, 7) is 5.31. The second-order valence-electron chi connectivity index (χ2n) is 5.93. The van der Waals surface area contributed by atoms with Crippen LogP contribution in [-0.2, 0) is 14.3 Å². The number of aliphatic hydroxyl groups is 1. The van der Waals surface area contributed by atoms with Gasteiger partial charge in [-0.1, -0.05) is 0 Å². The maximum absolute atomic E-state index is 11.8. The van der Waals surface area contributed by atoms with Gasteiger partial charge in [0.1, 0.15) is 5.60 Å². The molecule has 0 saturated heterocycles. The van der Waals surface area contributed by atoms with Crippen molar-refractivity contribution in [3.63, 3.8) is 0 Å². The van der Waals surface area contributed by atoms with Gasteiger partial charge in [0, 0.05) is 0 Å². The van der Waals surface area contributed by atoms with Crippen LogP contribution in [0.15, 0.2) is 0 Å². The van der Waals surface area contributed by atoms with Crippen molar-refractivity contribution in [1.29, 1.82) is 0 Å². The van der Waals surface area contributed by atoms with Crippen LogP contribution < -0.4 is 5.32 Å². The predicted octanol–water partition coefficient (Wildman–Crippen LogP) is 1.36. The van der Waals surface area contributed by atoms with E-state index in [1.807, 2.05) is 0 Å². The Hall–Kier alpha value is -1.30. The molecule has 0 radical (unpaired) electrons. The summed E-state index contributed by atoms with van der Waals surface area (Å²) in [4.78, 5) is 23.0. The predicted molar refractivity (Wildman–Crippen MR) is 68.6 cm³/mol. The number of carbonyl (C=O) groups is 2. The Bertz CT molecular complexity index is 343. The number of aliphatic hydroxyl groups excluding tert-OH is 1. The molecule has 1 rings (SSSR count). The van der Waals surface area contributed by atoms with E-state index < -0.39 is 29.3 Å². The highest BCUT2D eigenvalue weighted by atomic mass is 16.6. The van der Waals surface area contributed by atoms with Crippen LogP contribution in [0.2, 0.25) is 0 Å². The molecule has 0 aromatic heterocycles. The molecule has 0 bridgehead atoms. The first-order valence-corrected chi connectivity index (χ1v) is 6.44. The van der Waals surface area contributed by atoms with Crippen LogP contribution in [0.25, 0.3) is 0 Å². The van der Waals surface area contributed by atoms with Crippen molar-refractivity contribution in [1.82, 2.24) is 5.32 Å². The molecule has 1 aliphatic rings. The fraction of sp³-hybridized carbons (Fsp3) is 0.846. The summed E-state index contributed by atoms with van der Waals surface area (Å²) in [6, 6.07) is 0. The normalized spacial score (nSPS) is 19.0. The van der Waals surface area contributed by atoms with Crippen LogP contribution in [0.5, 0.6) is 0 Å². The van der Waals surface area contributed by atoms with Crippen molar-refractivity contribution in [2.45, 2.75) is 63.7 Å². The summed E-state index contributed by atoms with van der Waals surface area (Å²) < 4.78 is 9.70. The summed E-state index contributed by atoms with van der Waals surface area (Å²) in [5.74, 6) is -0.496. The second kappa shape index (κ2) is 5.77. The monoisotopic (exact) mass is 273 g/mol. The molecule has 0 aromatic rings. The molecule has 0 aliphatic heterocycles. The molecular formula is C13H23NO5. The summed E-state index contributed by atoms with van der Waals surface area (Å²) >= 11 is 0. The van der Waals surface area contributed by atoms with Gasteiger partial charge in [-0.15, -0.1) is 0 Å². The third kappa shape index (κ3) is 4.38. The molecule has 6 heteroatoms. The van der Waals surface area contributed by atoms with Gasteiger partial charge in [-0.2, -0.15) is 0 Å². The van der Waals surface area contributed by atoms with Gasteiger partial charge in [-0.3, -0.25) is 4.79 Å². The van der Waals surface area contributed by atoms with Gasteiger partial charge in [0.25, 0.3) is 0 Å². The lowest BCUT2D eigenvalue weighted by Crippen LogP contribution is -2.62. The highest BCUT2D eigenvalue weighted by Crippen LogP contribution is 2.36. The maximum atomic E-state index is 11.8. The van der Waals surface area contributed by atoms with E-state index >= 15 is 0 Å². The highest BCUT2D eigenvalue weighted by Gasteiger charge is 2.46. The lowest BCUT2D eigenvalue weighted by atomic mass is 9.72. The van der Waals surface area contributed by atoms with Gasteiger partial charge in [-0.25, -0.2) is 4.79 Å². The fourth-order valence-corrected chi connectivity index (χ4v) is 2.04. The molecule has 110 valence electrons. The molecule has 1 amide bonds. The minimum Gasteiger partial charge on any atom is -0.469 e. The number of ether oxygens (including phenoxy) is 2. The first kappa shape index (κ1) is 15.8. The zero-order valence-electron chi connectivity index (χ0n) is 12.0. The molecule has 1 fully saturated rings. The molecule has 0 unspecified atom stereocenters. The number of hydrogen-bond acceptors (Lipinski definition) is 5. The number of amides is 1. The van der Waals surface area contributed by atoms with E-state index in [9.17, 15) is 14.7 Å². The molecule has 0 heterocycles. The third-order valence-electron chi connectivity index (χ3n) is 3.22. The minimum atomic E-state index is -0.957. The van der Waals surface area contributed by atoms with Crippen LogP contribution in [0.3, 0.4) is 0 Å². The Morgan fingerprint density at radius 1 is 1.37 bits per heavy atom. The number of alkyl carbamates (subject to hydrolysis) is 1. The molecule has 0 aromatic carbocycles. The average molecular weight is 273 g/mol. The average Bonchev–Trinajstić information content (AvgIpc) is 2.20. The Morgan fingerprint density at radius 2 is 1.95 bits per heavy atom. The molecule has 2 N–H and O–H groups in total. The van der Waals surface area contributed by atoms with Crippen molar-refractivity contribution < 1.29 is 24.2 Å². The van der Waals surface area contributed by atoms with E-state index in [2.05, 4.69) is 10.1 Å². The van der Waals surface area contributed by atoms with Crippen molar-refractivity contribution in [3.05, 3.63) is 0 Å². The minimum absolute atomic E-state index is 0.133. The molecule has 1 aliphatic carbocycles. The Balaban J connectivity index is 2.60. The van der Waals surface area contributed by atoms with E-state index in [0.717, 1.165) is 6.42 Å². The van der Waals surface area contributed by atoms with Gasteiger partial charge in [0.15, 0.2) is 0 Å². The zero-order chi connectivity index (χ0) is 14.7. The van der Waals surface area contributed by atoms with Crippen LogP contribution in [-0.4, -0.2) is 41.5 Å². The van der Waals surface area contributed by atoms with Crippen LogP contribution >= 0.6 is 0 Å². The zero-order valence-corrected chi connectivity index (χ0v) is 12.0. The Morgan fingerprint density at radius 3 is 2.32 bits per heavy atom. The van der Waals surface area contributed by atoms with E-state index in [1.54, 1.807) is 20.8 Å². The SMILES string of the molecule is COC(=O)C[C@H](O)C1(NC(=O)OC(C)(C)C)CCC1. The molecule has 1 atom stereocenters. The summed E-state index contributed by atoms with van der Waals surface area (Å²) in [6.07, 6.45) is 0.493. The lowest BCUT2D eigenvalue weighted by molar-refractivity contribution is -0.145. The van der Waals surface area contributed by atoms with Gasteiger partial charge < -0.3 is 19.9 Å². The van der Waals surface area contributed by atoms with Crippen molar-refractivity contribution in [3.8, 4) is 0 Å². The maximum Gasteiger partial charge on any atom is 0.408 e. The van der Waals surface area contributed by atoms with Gasteiger partial charge in [0.2, 0.25) is 0 Å². The molecular weight excluding hydrogens is 250 g/mol. The van der Waals surface area contributed by atoms with Gasteiger partial charge in [0.05, 0.1) is 25.2 Å². The standard InChI is InChI=1S/C13H23NO5/c1-12(2,3)19-11(17)14-13(6-5-7-13)9(15)8-10(16)18-4/h9,15H,5-8H2,1-4H3,(H,14,17)/t9-/m0/s1. The molecule has 19 heavy (non-hydrogen) atoms. The van der Waals surface area contributed by atoms with Crippen LogP contribution in [0, 0.1) is 0 Å². The smallest absolute Gasteiger partial charge is 0.408 e. The Kier molecular flexibility index (Phi) is 4.79. The van der Waals surface area contributed by atoms with Gasteiger partial charge in [-0.05, 0) is 40.0 Å².